The van der Waals surface area contributed by atoms with E-state index in [2.05, 4.69) is 21.1 Å². The molecular formula is C25H33N5O7. The highest BCUT2D eigenvalue weighted by molar-refractivity contribution is 6.02. The molecule has 3 heterocycles. The molecule has 2 aromatic rings. The molecule has 12 heteroatoms. The standard InChI is InChI=1S/C23H27N5O7.C2H6/c1-3-34-20(30)7-6-16(12-15-8-9-24-21(15)31)25-19(29)13-28-10-4-5-17(23(28)33)26-22(32)18-11-14(2)35-27-18;1-2/h4-7,10-11,15-16H,3,8-9,12-13H2,1-2H3,(H,24,31)(H,25,29)(H,26,32);1-2H3/b7-6+;/t15-,16+;/m0./s1. The van der Waals surface area contributed by atoms with Crippen molar-refractivity contribution < 1.29 is 28.4 Å². The monoisotopic (exact) mass is 515 g/mol. The van der Waals surface area contributed by atoms with Gasteiger partial charge in [-0.15, -0.1) is 0 Å². The van der Waals surface area contributed by atoms with Crippen LogP contribution in [0.3, 0.4) is 0 Å². The summed E-state index contributed by atoms with van der Waals surface area (Å²) < 4.78 is 10.9. The number of nitrogens with zero attached hydrogens (tertiary/aromatic N) is 2. The molecule has 0 aliphatic carbocycles. The lowest BCUT2D eigenvalue weighted by Gasteiger charge is -2.18. The SMILES string of the molecule is CC.CCOC(=O)/C=C/[C@H](C[C@@H]1CCNC1=O)NC(=O)Cn1cccc(NC(=O)c2cc(C)on2)c1=O. The summed E-state index contributed by atoms with van der Waals surface area (Å²) in [6.07, 6.45) is 4.99. The lowest BCUT2D eigenvalue weighted by atomic mass is 9.98. The Labute approximate surface area is 214 Å². The molecule has 3 N–H and O–H groups in total. The van der Waals surface area contributed by atoms with Crippen LogP contribution in [0, 0.1) is 12.8 Å². The van der Waals surface area contributed by atoms with Crippen molar-refractivity contribution >= 4 is 29.4 Å². The molecule has 2 aromatic heterocycles. The number of aromatic nitrogens is 2. The van der Waals surface area contributed by atoms with Crippen LogP contribution in [0.25, 0.3) is 0 Å². The van der Waals surface area contributed by atoms with Crippen LogP contribution in [0.2, 0.25) is 0 Å². The van der Waals surface area contributed by atoms with Gasteiger partial charge in [0.25, 0.3) is 11.5 Å². The number of ether oxygens (including phenoxy) is 1. The molecule has 37 heavy (non-hydrogen) atoms. The molecule has 0 bridgehead atoms. The van der Waals surface area contributed by atoms with Gasteiger partial charge >= 0.3 is 5.97 Å². The maximum Gasteiger partial charge on any atom is 0.330 e. The second-order valence-electron chi connectivity index (χ2n) is 7.93. The maximum absolute atomic E-state index is 12.8. The van der Waals surface area contributed by atoms with Crippen molar-refractivity contribution in [1.82, 2.24) is 20.4 Å². The van der Waals surface area contributed by atoms with Crippen molar-refractivity contribution in [1.29, 1.82) is 0 Å². The Morgan fingerprint density at radius 3 is 2.70 bits per heavy atom. The maximum atomic E-state index is 12.8. The largest absolute Gasteiger partial charge is 0.463 e. The van der Waals surface area contributed by atoms with Gasteiger partial charge in [-0.25, -0.2) is 4.79 Å². The highest BCUT2D eigenvalue weighted by Crippen LogP contribution is 2.17. The van der Waals surface area contributed by atoms with Gasteiger partial charge in [-0.2, -0.15) is 0 Å². The molecule has 1 aliphatic heterocycles. The minimum absolute atomic E-state index is 0.0159. The minimum atomic E-state index is -0.630. The number of aryl methyl sites for hydroxylation is 1. The summed E-state index contributed by atoms with van der Waals surface area (Å²) in [7, 11) is 0. The number of esters is 1. The first kappa shape index (κ1) is 29.0. The first-order valence-electron chi connectivity index (χ1n) is 12.1. The average molecular weight is 516 g/mol. The smallest absolute Gasteiger partial charge is 0.330 e. The van der Waals surface area contributed by atoms with Crippen LogP contribution in [-0.4, -0.2) is 52.6 Å². The van der Waals surface area contributed by atoms with Gasteiger partial charge in [0.15, 0.2) is 5.69 Å². The number of hydrogen-bond acceptors (Lipinski definition) is 8. The van der Waals surface area contributed by atoms with Gasteiger partial charge in [-0.1, -0.05) is 25.1 Å². The fourth-order valence-electron chi connectivity index (χ4n) is 3.57. The number of pyridine rings is 1. The molecule has 0 unspecified atom stereocenters. The van der Waals surface area contributed by atoms with Crippen molar-refractivity contribution in [3.8, 4) is 0 Å². The van der Waals surface area contributed by atoms with Gasteiger partial charge in [0.2, 0.25) is 11.8 Å². The zero-order valence-electron chi connectivity index (χ0n) is 21.4. The number of hydrogen-bond donors (Lipinski definition) is 3. The van der Waals surface area contributed by atoms with Crippen LogP contribution in [0.4, 0.5) is 5.69 Å². The average Bonchev–Trinajstić information content (AvgIpc) is 3.49. The number of carbonyl (C=O) groups excluding carboxylic acids is 4. The molecule has 1 fully saturated rings. The first-order valence-corrected chi connectivity index (χ1v) is 12.1. The highest BCUT2D eigenvalue weighted by atomic mass is 16.5. The second kappa shape index (κ2) is 14.4. The number of amides is 3. The van der Waals surface area contributed by atoms with Crippen LogP contribution < -0.4 is 21.5 Å². The fourth-order valence-corrected chi connectivity index (χ4v) is 3.57. The van der Waals surface area contributed by atoms with E-state index in [1.807, 2.05) is 13.8 Å². The number of nitrogens with one attached hydrogen (secondary N) is 3. The molecule has 0 spiro atoms. The van der Waals surface area contributed by atoms with E-state index in [0.717, 1.165) is 4.57 Å². The molecule has 2 atom stereocenters. The van der Waals surface area contributed by atoms with Gasteiger partial charge in [0.1, 0.15) is 18.0 Å². The molecule has 0 saturated carbocycles. The zero-order valence-corrected chi connectivity index (χ0v) is 21.4. The van der Waals surface area contributed by atoms with Crippen LogP contribution in [0.15, 0.2) is 45.9 Å². The summed E-state index contributed by atoms with van der Waals surface area (Å²) in [6, 6.07) is 3.72. The van der Waals surface area contributed by atoms with E-state index in [1.165, 1.54) is 36.5 Å². The normalized spacial score (nSPS) is 15.4. The molecular weight excluding hydrogens is 482 g/mol. The second-order valence-corrected chi connectivity index (χ2v) is 7.93. The fraction of sp³-hybridized carbons (Fsp3) is 0.440. The predicted molar refractivity (Wildman–Crippen MR) is 135 cm³/mol. The third kappa shape index (κ3) is 8.74. The third-order valence-electron chi connectivity index (χ3n) is 5.24. The van der Waals surface area contributed by atoms with Crippen LogP contribution in [0.1, 0.15) is 49.9 Å². The van der Waals surface area contributed by atoms with E-state index in [-0.39, 0.29) is 42.8 Å². The summed E-state index contributed by atoms with van der Waals surface area (Å²) >= 11 is 0. The lowest BCUT2D eigenvalue weighted by molar-refractivity contribution is -0.137. The number of rotatable bonds is 10. The summed E-state index contributed by atoms with van der Waals surface area (Å²) in [4.78, 5) is 61.5. The highest BCUT2D eigenvalue weighted by Gasteiger charge is 2.27. The predicted octanol–water partition coefficient (Wildman–Crippen LogP) is 1.55. The summed E-state index contributed by atoms with van der Waals surface area (Å²) in [6.45, 7) is 7.72. The van der Waals surface area contributed by atoms with Gasteiger partial charge in [0.05, 0.1) is 6.61 Å². The van der Waals surface area contributed by atoms with Gasteiger partial charge in [-0.3, -0.25) is 19.2 Å². The molecule has 12 nitrogen and oxygen atoms in total. The quantitative estimate of drug-likeness (QED) is 0.317. The molecule has 0 aromatic carbocycles. The lowest BCUT2D eigenvalue weighted by Crippen LogP contribution is -2.40. The van der Waals surface area contributed by atoms with Crippen molar-refractivity contribution in [3.63, 3.8) is 0 Å². The van der Waals surface area contributed by atoms with Crippen LogP contribution in [0.5, 0.6) is 0 Å². The van der Waals surface area contributed by atoms with E-state index >= 15 is 0 Å². The summed E-state index contributed by atoms with van der Waals surface area (Å²) in [5.41, 5.74) is -0.612. The van der Waals surface area contributed by atoms with Crippen molar-refractivity contribution in [2.45, 2.75) is 53.1 Å². The third-order valence-corrected chi connectivity index (χ3v) is 5.24. The Bertz CT molecular complexity index is 1180. The zero-order chi connectivity index (χ0) is 27.4. The summed E-state index contributed by atoms with van der Waals surface area (Å²) in [5, 5.41) is 11.5. The topological polar surface area (TPSA) is 162 Å². The Morgan fingerprint density at radius 2 is 2.08 bits per heavy atom. The number of anilines is 1. The van der Waals surface area contributed by atoms with Gasteiger partial charge in [-0.05, 0) is 38.8 Å². The Morgan fingerprint density at radius 1 is 1.32 bits per heavy atom. The van der Waals surface area contributed by atoms with Crippen molar-refractivity contribution in [2.24, 2.45) is 5.92 Å². The van der Waals surface area contributed by atoms with Crippen molar-refractivity contribution in [3.05, 3.63) is 58.4 Å². The van der Waals surface area contributed by atoms with Gasteiger partial charge < -0.3 is 29.8 Å². The Kier molecular flexibility index (Phi) is 11.3. The number of carbonyl (C=O) groups is 4. The Balaban J connectivity index is 0.00000235. The molecule has 0 radical (unpaired) electrons. The van der Waals surface area contributed by atoms with E-state index in [9.17, 15) is 24.0 Å². The molecule has 3 amide bonds. The summed E-state index contributed by atoms with van der Waals surface area (Å²) in [5.74, 6) is -1.69. The van der Waals surface area contributed by atoms with E-state index in [4.69, 9.17) is 9.26 Å². The van der Waals surface area contributed by atoms with E-state index < -0.39 is 29.4 Å². The molecule has 1 saturated heterocycles. The van der Waals surface area contributed by atoms with Crippen LogP contribution in [-0.2, 0) is 25.7 Å². The molecule has 3 rings (SSSR count). The molecule has 200 valence electrons. The van der Waals surface area contributed by atoms with Gasteiger partial charge in [0, 0.05) is 36.8 Å². The van der Waals surface area contributed by atoms with E-state index in [0.29, 0.717) is 18.7 Å². The minimum Gasteiger partial charge on any atom is -0.463 e. The van der Waals surface area contributed by atoms with Crippen LogP contribution >= 0.6 is 0 Å². The molecule has 1 aliphatic rings. The first-order chi connectivity index (χ1) is 17.8. The van der Waals surface area contributed by atoms with E-state index in [1.54, 1.807) is 13.8 Å². The van der Waals surface area contributed by atoms with Crippen molar-refractivity contribution in [2.75, 3.05) is 18.5 Å². The Hall–Kier alpha value is -4.22.